The summed E-state index contributed by atoms with van der Waals surface area (Å²) in [5, 5.41) is 3.96. The summed E-state index contributed by atoms with van der Waals surface area (Å²) in [6, 6.07) is 8.66. The molecule has 0 saturated heterocycles. The zero-order valence-corrected chi connectivity index (χ0v) is 17.1. The molecule has 8 heteroatoms. The molecule has 2 rings (SSSR count). The van der Waals surface area contributed by atoms with E-state index >= 15 is 0 Å². The van der Waals surface area contributed by atoms with Gasteiger partial charge in [-0.3, -0.25) is 9.69 Å². The van der Waals surface area contributed by atoms with Crippen molar-refractivity contribution in [2.45, 2.75) is 6.54 Å². The molecule has 0 bridgehead atoms. The normalized spacial score (nSPS) is 10.6. The number of rotatable bonds is 8. The van der Waals surface area contributed by atoms with Gasteiger partial charge in [0.1, 0.15) is 0 Å². The predicted octanol–water partition coefficient (Wildman–Crippen LogP) is 4.09. The van der Waals surface area contributed by atoms with Gasteiger partial charge in [0.05, 0.1) is 27.9 Å². The van der Waals surface area contributed by atoms with Gasteiger partial charge < -0.3 is 19.5 Å². The first-order chi connectivity index (χ1) is 12.9. The fourth-order valence-electron chi connectivity index (χ4n) is 2.67. The van der Waals surface area contributed by atoms with Gasteiger partial charge in [-0.25, -0.2) is 0 Å². The number of likely N-dealkylation sites (N-methyl/N-ethyl adjacent to an activating group) is 1. The number of halogens is 2. The van der Waals surface area contributed by atoms with Gasteiger partial charge in [-0.1, -0.05) is 23.2 Å². The maximum atomic E-state index is 12.4. The van der Waals surface area contributed by atoms with Crippen LogP contribution in [0.2, 0.25) is 10.0 Å². The number of carbonyl (C=O) groups excluding carboxylic acids is 1. The van der Waals surface area contributed by atoms with Gasteiger partial charge in [0.25, 0.3) is 0 Å². The molecular formula is C19H22Cl2N2O4. The third kappa shape index (κ3) is 5.92. The van der Waals surface area contributed by atoms with Gasteiger partial charge in [-0.15, -0.1) is 0 Å². The van der Waals surface area contributed by atoms with E-state index in [9.17, 15) is 4.79 Å². The monoisotopic (exact) mass is 412 g/mol. The van der Waals surface area contributed by atoms with E-state index in [-0.39, 0.29) is 12.5 Å². The molecule has 0 atom stereocenters. The lowest BCUT2D eigenvalue weighted by molar-refractivity contribution is -0.117. The molecule has 0 heterocycles. The standard InChI is InChI=1S/C19H22Cl2N2O4/c1-23(10-12-5-13(20)7-14(21)6-12)11-18(24)22-15-8-16(25-2)19(27-4)17(9-15)26-3/h5-9H,10-11H2,1-4H3,(H,22,24). The summed E-state index contributed by atoms with van der Waals surface area (Å²) >= 11 is 12.0. The Morgan fingerprint density at radius 2 is 1.52 bits per heavy atom. The van der Waals surface area contributed by atoms with Crippen molar-refractivity contribution in [3.63, 3.8) is 0 Å². The molecular weight excluding hydrogens is 391 g/mol. The van der Waals surface area contributed by atoms with Crippen LogP contribution in [-0.4, -0.2) is 45.7 Å². The van der Waals surface area contributed by atoms with Crippen LogP contribution in [0, 0.1) is 0 Å². The van der Waals surface area contributed by atoms with E-state index in [1.54, 1.807) is 18.2 Å². The number of carbonyl (C=O) groups is 1. The van der Waals surface area contributed by atoms with Crippen molar-refractivity contribution in [3.8, 4) is 17.2 Å². The lowest BCUT2D eigenvalue weighted by atomic mass is 10.2. The molecule has 0 radical (unpaired) electrons. The Hall–Kier alpha value is -2.15. The van der Waals surface area contributed by atoms with Crippen molar-refractivity contribution in [2.75, 3.05) is 40.2 Å². The summed E-state index contributed by atoms with van der Waals surface area (Å²) in [5.41, 5.74) is 1.48. The van der Waals surface area contributed by atoms with E-state index < -0.39 is 0 Å². The van der Waals surface area contributed by atoms with Crippen molar-refractivity contribution in [3.05, 3.63) is 45.9 Å². The lowest BCUT2D eigenvalue weighted by Crippen LogP contribution is -2.29. The molecule has 2 aromatic carbocycles. The lowest BCUT2D eigenvalue weighted by Gasteiger charge is -2.18. The molecule has 146 valence electrons. The Bertz CT molecular complexity index is 769. The maximum Gasteiger partial charge on any atom is 0.238 e. The van der Waals surface area contributed by atoms with E-state index in [4.69, 9.17) is 37.4 Å². The van der Waals surface area contributed by atoms with E-state index in [0.717, 1.165) is 5.56 Å². The van der Waals surface area contributed by atoms with Gasteiger partial charge in [-0.2, -0.15) is 0 Å². The van der Waals surface area contributed by atoms with Crippen molar-refractivity contribution in [1.29, 1.82) is 0 Å². The minimum Gasteiger partial charge on any atom is -0.493 e. The van der Waals surface area contributed by atoms with Crippen molar-refractivity contribution >= 4 is 34.8 Å². The first kappa shape index (κ1) is 21.2. The zero-order chi connectivity index (χ0) is 20.0. The molecule has 27 heavy (non-hydrogen) atoms. The van der Waals surface area contributed by atoms with E-state index in [2.05, 4.69) is 5.32 Å². The summed E-state index contributed by atoms with van der Waals surface area (Å²) in [4.78, 5) is 14.2. The molecule has 0 aromatic heterocycles. The summed E-state index contributed by atoms with van der Waals surface area (Å²) < 4.78 is 15.9. The molecule has 0 aliphatic carbocycles. The van der Waals surface area contributed by atoms with Gasteiger partial charge in [0.2, 0.25) is 11.7 Å². The Morgan fingerprint density at radius 3 is 2.00 bits per heavy atom. The number of methoxy groups -OCH3 is 3. The molecule has 6 nitrogen and oxygen atoms in total. The molecule has 0 unspecified atom stereocenters. The highest BCUT2D eigenvalue weighted by atomic mass is 35.5. The molecule has 1 amide bonds. The summed E-state index contributed by atoms with van der Waals surface area (Å²) in [7, 11) is 6.40. The third-order valence-corrected chi connectivity index (χ3v) is 4.17. The number of nitrogens with one attached hydrogen (secondary N) is 1. The molecule has 0 spiro atoms. The second kappa shape index (κ2) is 9.69. The molecule has 0 aliphatic heterocycles. The Labute approximate surface area is 168 Å². The maximum absolute atomic E-state index is 12.4. The second-order valence-corrected chi connectivity index (χ2v) is 6.79. The minimum atomic E-state index is -0.181. The quantitative estimate of drug-likeness (QED) is 0.707. The first-order valence-corrected chi connectivity index (χ1v) is 8.85. The highest BCUT2D eigenvalue weighted by Gasteiger charge is 2.15. The van der Waals surface area contributed by atoms with Gasteiger partial charge in [-0.05, 0) is 30.8 Å². The van der Waals surface area contributed by atoms with Crippen LogP contribution in [0.4, 0.5) is 5.69 Å². The van der Waals surface area contributed by atoms with Crippen LogP contribution in [0.1, 0.15) is 5.56 Å². The van der Waals surface area contributed by atoms with Crippen LogP contribution < -0.4 is 19.5 Å². The van der Waals surface area contributed by atoms with Gasteiger partial charge >= 0.3 is 0 Å². The summed E-state index contributed by atoms with van der Waals surface area (Å²) in [6.07, 6.45) is 0. The first-order valence-electron chi connectivity index (χ1n) is 8.09. The SMILES string of the molecule is COc1cc(NC(=O)CN(C)Cc2cc(Cl)cc(Cl)c2)cc(OC)c1OC. The molecule has 2 aromatic rings. The van der Waals surface area contributed by atoms with Crippen LogP contribution in [-0.2, 0) is 11.3 Å². The van der Waals surface area contributed by atoms with Gasteiger partial charge in [0, 0.05) is 34.4 Å². The van der Waals surface area contributed by atoms with Crippen LogP contribution in [0.15, 0.2) is 30.3 Å². The van der Waals surface area contributed by atoms with Crippen molar-refractivity contribution < 1.29 is 19.0 Å². The number of anilines is 1. The number of hydrogen-bond acceptors (Lipinski definition) is 5. The number of benzene rings is 2. The largest absolute Gasteiger partial charge is 0.493 e. The van der Waals surface area contributed by atoms with Crippen molar-refractivity contribution in [2.24, 2.45) is 0 Å². The fraction of sp³-hybridized carbons (Fsp3) is 0.316. The average molecular weight is 413 g/mol. The second-order valence-electron chi connectivity index (χ2n) is 5.91. The van der Waals surface area contributed by atoms with E-state index in [1.165, 1.54) is 21.3 Å². The minimum absolute atomic E-state index is 0.181. The van der Waals surface area contributed by atoms with Crippen LogP contribution >= 0.6 is 23.2 Å². The Morgan fingerprint density at radius 1 is 0.963 bits per heavy atom. The Kier molecular flexibility index (Phi) is 7.59. The third-order valence-electron chi connectivity index (χ3n) is 3.74. The number of ether oxygens (including phenoxy) is 3. The number of hydrogen-bond donors (Lipinski definition) is 1. The number of nitrogens with zero attached hydrogens (tertiary/aromatic N) is 1. The smallest absolute Gasteiger partial charge is 0.238 e. The fourth-order valence-corrected chi connectivity index (χ4v) is 3.24. The molecule has 0 saturated carbocycles. The van der Waals surface area contributed by atoms with E-state index in [0.29, 0.717) is 39.5 Å². The average Bonchev–Trinajstić information content (AvgIpc) is 2.59. The van der Waals surface area contributed by atoms with Gasteiger partial charge in [0.15, 0.2) is 11.5 Å². The van der Waals surface area contributed by atoms with Crippen molar-refractivity contribution in [1.82, 2.24) is 4.90 Å². The summed E-state index contributed by atoms with van der Waals surface area (Å²) in [5.74, 6) is 1.22. The zero-order valence-electron chi connectivity index (χ0n) is 15.6. The highest BCUT2D eigenvalue weighted by Crippen LogP contribution is 2.39. The topological polar surface area (TPSA) is 60.0 Å². The highest BCUT2D eigenvalue weighted by molar-refractivity contribution is 6.34. The van der Waals surface area contributed by atoms with E-state index in [1.807, 2.05) is 24.1 Å². The number of amides is 1. The molecule has 1 N–H and O–H groups in total. The summed E-state index contributed by atoms with van der Waals surface area (Å²) in [6.45, 7) is 0.712. The predicted molar refractivity (Wildman–Crippen MR) is 108 cm³/mol. The van der Waals surface area contributed by atoms with Crippen LogP contribution in [0.5, 0.6) is 17.2 Å². The molecule has 0 aliphatic rings. The Balaban J connectivity index is 2.04. The molecule has 0 fully saturated rings. The van der Waals surface area contributed by atoms with Crippen LogP contribution in [0.3, 0.4) is 0 Å². The van der Waals surface area contributed by atoms with Crippen LogP contribution in [0.25, 0.3) is 0 Å².